The molecule has 2 fully saturated rings. The van der Waals surface area contributed by atoms with Gasteiger partial charge in [0.05, 0.1) is 31.5 Å². The van der Waals surface area contributed by atoms with E-state index in [4.69, 9.17) is 9.47 Å². The third-order valence-electron chi connectivity index (χ3n) is 5.67. The lowest BCUT2D eigenvalue weighted by atomic mass is 9.76. The van der Waals surface area contributed by atoms with Gasteiger partial charge < -0.3 is 14.6 Å². The predicted molar refractivity (Wildman–Crippen MR) is 102 cm³/mol. The van der Waals surface area contributed by atoms with Crippen molar-refractivity contribution in [2.75, 3.05) is 0 Å². The van der Waals surface area contributed by atoms with Crippen molar-refractivity contribution in [3.05, 3.63) is 71.3 Å². The van der Waals surface area contributed by atoms with Gasteiger partial charge in [0, 0.05) is 12.3 Å². The second-order valence-corrected chi connectivity index (χ2v) is 7.64. The van der Waals surface area contributed by atoms with Crippen molar-refractivity contribution in [3.8, 4) is 0 Å². The van der Waals surface area contributed by atoms with Crippen LogP contribution in [0, 0.1) is 5.92 Å². The molecule has 2 atom stereocenters. The van der Waals surface area contributed by atoms with Crippen LogP contribution in [0.15, 0.2) is 54.6 Å². The summed E-state index contributed by atoms with van der Waals surface area (Å²) >= 11 is 0. The van der Waals surface area contributed by atoms with Gasteiger partial charge in [0.25, 0.3) is 0 Å². The average molecular weight is 366 g/mol. The van der Waals surface area contributed by atoms with Crippen LogP contribution in [0.1, 0.15) is 36.0 Å². The molecule has 0 radical (unpaired) electrons. The molecule has 0 amide bonds. The number of Topliss-reactive ketones (excluding diaryl/α,β-unsaturated/α-hetero) is 1. The fourth-order valence-electron chi connectivity index (χ4n) is 3.75. The van der Waals surface area contributed by atoms with Gasteiger partial charge in [-0.3, -0.25) is 4.79 Å². The Kier molecular flexibility index (Phi) is 5.67. The van der Waals surface area contributed by atoms with Gasteiger partial charge in [0.2, 0.25) is 0 Å². The highest BCUT2D eigenvalue weighted by molar-refractivity contribution is 5.88. The summed E-state index contributed by atoms with van der Waals surface area (Å²) in [6.07, 6.45) is 2.59. The zero-order valence-corrected chi connectivity index (χ0v) is 15.4. The van der Waals surface area contributed by atoms with E-state index in [0.29, 0.717) is 26.1 Å². The summed E-state index contributed by atoms with van der Waals surface area (Å²) in [5, 5.41) is 9.39. The van der Waals surface area contributed by atoms with Crippen LogP contribution in [0.5, 0.6) is 0 Å². The van der Waals surface area contributed by atoms with Crippen molar-refractivity contribution in [3.63, 3.8) is 0 Å². The molecule has 0 aromatic heterocycles. The van der Waals surface area contributed by atoms with E-state index >= 15 is 0 Å². The van der Waals surface area contributed by atoms with E-state index in [0.717, 1.165) is 29.5 Å². The number of carbonyl (C=O) groups is 1. The lowest BCUT2D eigenvalue weighted by molar-refractivity contribution is -0.146. The van der Waals surface area contributed by atoms with Crippen LogP contribution < -0.4 is 0 Å². The summed E-state index contributed by atoms with van der Waals surface area (Å²) in [5.74, 6) is 0.214. The van der Waals surface area contributed by atoms with Crippen LogP contribution in [0.2, 0.25) is 0 Å². The summed E-state index contributed by atoms with van der Waals surface area (Å²) in [6.45, 7) is 1.08. The van der Waals surface area contributed by atoms with E-state index < -0.39 is 0 Å². The van der Waals surface area contributed by atoms with E-state index in [2.05, 4.69) is 12.1 Å². The van der Waals surface area contributed by atoms with Gasteiger partial charge in [-0.25, -0.2) is 0 Å². The highest BCUT2D eigenvalue weighted by atomic mass is 16.5. The summed E-state index contributed by atoms with van der Waals surface area (Å²) in [7, 11) is 0. The largest absolute Gasteiger partial charge is 0.393 e. The minimum atomic E-state index is -0.208. The molecule has 2 aromatic carbocycles. The Hall–Kier alpha value is -2.01. The number of ether oxygens (including phenoxy) is 2. The van der Waals surface area contributed by atoms with E-state index in [9.17, 15) is 9.90 Å². The first-order chi connectivity index (χ1) is 13.2. The Labute approximate surface area is 160 Å². The molecule has 142 valence electrons. The average Bonchev–Trinajstić information content (AvgIpc) is 2.67. The predicted octanol–water partition coefficient (Wildman–Crippen LogP) is 3.44. The molecule has 2 aromatic rings. The molecular weight excluding hydrogens is 340 g/mol. The lowest BCUT2D eigenvalue weighted by Gasteiger charge is -2.35. The lowest BCUT2D eigenvalue weighted by Crippen LogP contribution is -2.45. The molecule has 0 aliphatic heterocycles. The number of benzene rings is 2. The van der Waals surface area contributed by atoms with Crippen molar-refractivity contribution in [1.82, 2.24) is 0 Å². The van der Waals surface area contributed by atoms with Gasteiger partial charge in [-0.05, 0) is 36.0 Å². The molecule has 2 aliphatic rings. The molecule has 0 bridgehead atoms. The third kappa shape index (κ3) is 4.46. The van der Waals surface area contributed by atoms with Gasteiger partial charge in [0.1, 0.15) is 5.78 Å². The molecule has 1 N–H and O–H groups in total. The van der Waals surface area contributed by atoms with Gasteiger partial charge in [0.15, 0.2) is 0 Å². The smallest absolute Gasteiger partial charge is 0.141 e. The standard InChI is InChI=1S/C23H26O4/c24-19-11-20(12-19)26-15-18-9-5-4-8-17(18)10-21-22(25)13-23(21)27-14-16-6-2-1-3-7-16/h1-9,19-21,23-24H,10-15H2. The molecule has 0 saturated heterocycles. The van der Waals surface area contributed by atoms with Crippen LogP contribution in [-0.4, -0.2) is 29.2 Å². The quantitative estimate of drug-likeness (QED) is 0.778. The highest BCUT2D eigenvalue weighted by Crippen LogP contribution is 2.32. The van der Waals surface area contributed by atoms with E-state index in [-0.39, 0.29) is 30.0 Å². The van der Waals surface area contributed by atoms with Crippen LogP contribution in [-0.2, 0) is 33.9 Å². The third-order valence-corrected chi connectivity index (χ3v) is 5.67. The maximum atomic E-state index is 12.2. The Morgan fingerprint density at radius 3 is 2.30 bits per heavy atom. The van der Waals surface area contributed by atoms with Crippen molar-refractivity contribution in [1.29, 1.82) is 0 Å². The Bertz CT molecular complexity index is 767. The Morgan fingerprint density at radius 2 is 1.59 bits per heavy atom. The zero-order valence-electron chi connectivity index (χ0n) is 15.4. The van der Waals surface area contributed by atoms with Gasteiger partial charge in [-0.2, -0.15) is 0 Å². The molecule has 0 heterocycles. The first-order valence-electron chi connectivity index (χ1n) is 9.73. The second-order valence-electron chi connectivity index (χ2n) is 7.64. The monoisotopic (exact) mass is 366 g/mol. The minimum Gasteiger partial charge on any atom is -0.393 e. The maximum Gasteiger partial charge on any atom is 0.141 e. The SMILES string of the molecule is O=C1CC(OCc2ccccc2)C1Cc1ccccc1COC1CC(O)C1. The molecule has 2 saturated carbocycles. The summed E-state index contributed by atoms with van der Waals surface area (Å²) in [5.41, 5.74) is 3.41. The van der Waals surface area contributed by atoms with E-state index in [1.54, 1.807) is 0 Å². The number of ketones is 1. The normalized spacial score (nSPS) is 27.1. The van der Waals surface area contributed by atoms with Crippen molar-refractivity contribution in [2.24, 2.45) is 5.92 Å². The summed E-state index contributed by atoms with van der Waals surface area (Å²) < 4.78 is 11.9. The fourth-order valence-corrected chi connectivity index (χ4v) is 3.75. The first kappa shape index (κ1) is 18.4. The fraction of sp³-hybridized carbons (Fsp3) is 0.435. The van der Waals surface area contributed by atoms with Gasteiger partial charge >= 0.3 is 0 Å². The number of carbonyl (C=O) groups excluding carboxylic acids is 1. The summed E-state index contributed by atoms with van der Waals surface area (Å²) in [4.78, 5) is 12.2. The molecule has 4 nitrogen and oxygen atoms in total. The van der Waals surface area contributed by atoms with Crippen LogP contribution >= 0.6 is 0 Å². The first-order valence-corrected chi connectivity index (χ1v) is 9.73. The summed E-state index contributed by atoms with van der Waals surface area (Å²) in [6, 6.07) is 18.2. The molecule has 27 heavy (non-hydrogen) atoms. The molecule has 2 aliphatic carbocycles. The number of aliphatic hydroxyl groups excluding tert-OH is 1. The highest BCUT2D eigenvalue weighted by Gasteiger charge is 2.40. The zero-order chi connectivity index (χ0) is 18.6. The molecular formula is C23H26O4. The minimum absolute atomic E-state index is 0.00606. The maximum absolute atomic E-state index is 12.2. The van der Waals surface area contributed by atoms with E-state index in [1.165, 1.54) is 0 Å². The van der Waals surface area contributed by atoms with Gasteiger partial charge in [-0.15, -0.1) is 0 Å². The second kappa shape index (κ2) is 8.34. The van der Waals surface area contributed by atoms with Crippen LogP contribution in [0.3, 0.4) is 0 Å². The van der Waals surface area contributed by atoms with E-state index in [1.807, 2.05) is 42.5 Å². The van der Waals surface area contributed by atoms with Gasteiger partial charge in [-0.1, -0.05) is 54.6 Å². The number of aliphatic hydroxyl groups is 1. The molecule has 0 spiro atoms. The molecule has 2 unspecified atom stereocenters. The van der Waals surface area contributed by atoms with Crippen molar-refractivity contribution < 1.29 is 19.4 Å². The number of hydrogen-bond acceptors (Lipinski definition) is 4. The van der Waals surface area contributed by atoms with Crippen molar-refractivity contribution in [2.45, 2.75) is 57.2 Å². The Morgan fingerprint density at radius 1 is 0.889 bits per heavy atom. The number of rotatable bonds is 8. The van der Waals surface area contributed by atoms with Crippen molar-refractivity contribution >= 4 is 5.78 Å². The topological polar surface area (TPSA) is 55.8 Å². The molecule has 4 heteroatoms. The van der Waals surface area contributed by atoms with Crippen LogP contribution in [0.4, 0.5) is 0 Å². The Balaban J connectivity index is 1.34. The molecule has 4 rings (SSSR count). The van der Waals surface area contributed by atoms with Crippen LogP contribution in [0.25, 0.3) is 0 Å². The number of hydrogen-bond donors (Lipinski definition) is 1.